The minimum absolute atomic E-state index is 0.714. The van der Waals surface area contributed by atoms with Gasteiger partial charge in [0, 0.05) is 27.8 Å². The van der Waals surface area contributed by atoms with Gasteiger partial charge in [-0.3, -0.25) is 0 Å². The van der Waals surface area contributed by atoms with Crippen LogP contribution in [0.2, 0.25) is 0 Å². The molecule has 0 atom stereocenters. The Bertz CT molecular complexity index is 760. The summed E-state index contributed by atoms with van der Waals surface area (Å²) in [6, 6.07) is 8.79. The van der Waals surface area contributed by atoms with Crippen molar-refractivity contribution in [2.75, 3.05) is 0 Å². The molecule has 0 amide bonds. The van der Waals surface area contributed by atoms with E-state index in [1.807, 2.05) is 18.2 Å². The first-order valence-electron chi connectivity index (χ1n) is 6.65. The van der Waals surface area contributed by atoms with E-state index in [1.165, 1.54) is 12.8 Å². The standard InChI is InChI=1S/C15H13BrN2OS/c16-10-1-4-13-9(5-10)6-14(19-13)12-8-20-15(18-12)7-17-11-2-3-11/h1,4-6,8,11,17H,2-3,7H2. The summed E-state index contributed by atoms with van der Waals surface area (Å²) in [5.41, 5.74) is 1.82. The van der Waals surface area contributed by atoms with Gasteiger partial charge >= 0.3 is 0 Å². The number of rotatable bonds is 4. The zero-order valence-electron chi connectivity index (χ0n) is 10.7. The van der Waals surface area contributed by atoms with E-state index in [9.17, 15) is 0 Å². The number of benzene rings is 1. The van der Waals surface area contributed by atoms with Gasteiger partial charge in [-0.1, -0.05) is 15.9 Å². The van der Waals surface area contributed by atoms with E-state index < -0.39 is 0 Å². The van der Waals surface area contributed by atoms with Gasteiger partial charge in [0.1, 0.15) is 16.3 Å². The van der Waals surface area contributed by atoms with Gasteiger partial charge in [0.15, 0.2) is 5.76 Å². The maximum atomic E-state index is 5.86. The first kappa shape index (κ1) is 12.6. The molecule has 102 valence electrons. The number of halogens is 1. The highest BCUT2D eigenvalue weighted by atomic mass is 79.9. The smallest absolute Gasteiger partial charge is 0.154 e. The van der Waals surface area contributed by atoms with Crippen molar-refractivity contribution < 1.29 is 4.42 Å². The molecule has 0 aliphatic heterocycles. The van der Waals surface area contributed by atoms with E-state index in [-0.39, 0.29) is 0 Å². The molecular formula is C15H13BrN2OS. The van der Waals surface area contributed by atoms with Crippen molar-refractivity contribution in [1.82, 2.24) is 10.3 Å². The third-order valence-corrected chi connectivity index (χ3v) is 4.74. The number of fused-ring (bicyclic) bond motifs is 1. The molecule has 0 bridgehead atoms. The number of nitrogens with one attached hydrogen (secondary N) is 1. The lowest BCUT2D eigenvalue weighted by atomic mass is 10.2. The summed E-state index contributed by atoms with van der Waals surface area (Å²) in [6.45, 7) is 0.862. The molecule has 3 nitrogen and oxygen atoms in total. The molecule has 2 heterocycles. The summed E-state index contributed by atoms with van der Waals surface area (Å²) >= 11 is 5.16. The third-order valence-electron chi connectivity index (χ3n) is 3.40. The monoisotopic (exact) mass is 348 g/mol. The Kier molecular flexibility index (Phi) is 3.13. The van der Waals surface area contributed by atoms with Crippen LogP contribution in [0.3, 0.4) is 0 Å². The molecule has 5 heteroatoms. The topological polar surface area (TPSA) is 38.1 Å². The fourth-order valence-electron chi connectivity index (χ4n) is 2.16. The maximum Gasteiger partial charge on any atom is 0.154 e. The van der Waals surface area contributed by atoms with Crippen molar-refractivity contribution in [3.63, 3.8) is 0 Å². The summed E-state index contributed by atoms with van der Waals surface area (Å²) in [5, 5.41) is 7.77. The molecule has 0 unspecified atom stereocenters. The molecule has 3 aromatic rings. The Balaban J connectivity index is 1.60. The minimum atomic E-state index is 0.714. The molecule has 0 radical (unpaired) electrons. The molecule has 1 N–H and O–H groups in total. The number of thiazole rings is 1. The number of hydrogen-bond acceptors (Lipinski definition) is 4. The molecule has 1 fully saturated rings. The van der Waals surface area contributed by atoms with Crippen LogP contribution in [0.4, 0.5) is 0 Å². The van der Waals surface area contributed by atoms with Gasteiger partial charge in [0.2, 0.25) is 0 Å². The van der Waals surface area contributed by atoms with Gasteiger partial charge in [-0.05, 0) is 37.1 Å². The van der Waals surface area contributed by atoms with E-state index >= 15 is 0 Å². The molecule has 0 spiro atoms. The van der Waals surface area contributed by atoms with Gasteiger partial charge in [0.25, 0.3) is 0 Å². The molecule has 0 saturated heterocycles. The Morgan fingerprint density at radius 3 is 3.10 bits per heavy atom. The molecule has 2 aromatic heterocycles. The van der Waals surface area contributed by atoms with E-state index in [0.29, 0.717) is 6.04 Å². The maximum absolute atomic E-state index is 5.86. The number of hydrogen-bond donors (Lipinski definition) is 1. The first-order valence-corrected chi connectivity index (χ1v) is 8.32. The second-order valence-corrected chi connectivity index (χ2v) is 6.93. The number of furan rings is 1. The molecular weight excluding hydrogens is 336 g/mol. The second-order valence-electron chi connectivity index (χ2n) is 5.07. The lowest BCUT2D eigenvalue weighted by molar-refractivity contribution is 0.628. The van der Waals surface area contributed by atoms with Crippen LogP contribution in [0.25, 0.3) is 22.4 Å². The van der Waals surface area contributed by atoms with Gasteiger partial charge in [-0.25, -0.2) is 4.98 Å². The highest BCUT2D eigenvalue weighted by molar-refractivity contribution is 9.10. The zero-order valence-corrected chi connectivity index (χ0v) is 13.1. The highest BCUT2D eigenvalue weighted by Gasteiger charge is 2.20. The SMILES string of the molecule is Brc1ccc2oc(-c3csc(CNC4CC4)n3)cc2c1. The molecule has 1 aliphatic carbocycles. The van der Waals surface area contributed by atoms with Crippen LogP contribution in [0, 0.1) is 0 Å². The van der Waals surface area contributed by atoms with Crippen LogP contribution in [0.5, 0.6) is 0 Å². The average Bonchev–Trinajstić information content (AvgIpc) is 2.99. The molecule has 20 heavy (non-hydrogen) atoms. The summed E-state index contributed by atoms with van der Waals surface area (Å²) in [5.74, 6) is 0.840. The second kappa shape index (κ2) is 4.98. The fraction of sp³-hybridized carbons (Fsp3) is 0.267. The van der Waals surface area contributed by atoms with E-state index in [2.05, 4.69) is 37.7 Å². The van der Waals surface area contributed by atoms with Crippen LogP contribution in [0.1, 0.15) is 17.8 Å². The summed E-state index contributed by atoms with van der Waals surface area (Å²) in [6.07, 6.45) is 2.60. The van der Waals surface area contributed by atoms with Crippen molar-refractivity contribution >= 4 is 38.2 Å². The lowest BCUT2D eigenvalue weighted by Crippen LogP contribution is -2.14. The predicted molar refractivity (Wildman–Crippen MR) is 84.9 cm³/mol. The Morgan fingerprint density at radius 2 is 2.25 bits per heavy atom. The van der Waals surface area contributed by atoms with Gasteiger partial charge < -0.3 is 9.73 Å². The van der Waals surface area contributed by atoms with Gasteiger partial charge in [-0.15, -0.1) is 11.3 Å². The van der Waals surface area contributed by atoms with Crippen molar-refractivity contribution in [2.24, 2.45) is 0 Å². The average molecular weight is 349 g/mol. The summed E-state index contributed by atoms with van der Waals surface area (Å²) in [7, 11) is 0. The van der Waals surface area contributed by atoms with Crippen LogP contribution in [-0.4, -0.2) is 11.0 Å². The van der Waals surface area contributed by atoms with Gasteiger partial charge in [0.05, 0.1) is 0 Å². The lowest BCUT2D eigenvalue weighted by Gasteiger charge is -1.96. The van der Waals surface area contributed by atoms with E-state index in [4.69, 9.17) is 4.42 Å². The predicted octanol–water partition coefficient (Wildman–Crippen LogP) is 4.57. The van der Waals surface area contributed by atoms with Gasteiger partial charge in [-0.2, -0.15) is 0 Å². The third kappa shape index (κ3) is 2.53. The molecule has 4 rings (SSSR count). The number of aromatic nitrogens is 1. The molecule has 1 saturated carbocycles. The van der Waals surface area contributed by atoms with Crippen LogP contribution in [0.15, 0.2) is 38.5 Å². The zero-order chi connectivity index (χ0) is 13.5. The minimum Gasteiger partial charge on any atom is -0.454 e. The van der Waals surface area contributed by atoms with Crippen molar-refractivity contribution in [2.45, 2.75) is 25.4 Å². The normalized spacial score (nSPS) is 15.1. The quantitative estimate of drug-likeness (QED) is 0.750. The Labute approximate surface area is 129 Å². The summed E-state index contributed by atoms with van der Waals surface area (Å²) in [4.78, 5) is 4.65. The van der Waals surface area contributed by atoms with Crippen LogP contribution < -0.4 is 5.32 Å². The largest absolute Gasteiger partial charge is 0.454 e. The number of nitrogens with zero attached hydrogens (tertiary/aromatic N) is 1. The molecule has 1 aliphatic rings. The van der Waals surface area contributed by atoms with Crippen molar-refractivity contribution in [3.05, 3.63) is 39.1 Å². The Hall–Kier alpha value is -1.17. The van der Waals surface area contributed by atoms with Crippen LogP contribution >= 0.6 is 27.3 Å². The highest BCUT2D eigenvalue weighted by Crippen LogP contribution is 2.30. The van der Waals surface area contributed by atoms with E-state index in [0.717, 1.165) is 38.4 Å². The molecule has 1 aromatic carbocycles. The summed E-state index contributed by atoms with van der Waals surface area (Å²) < 4.78 is 6.92. The van der Waals surface area contributed by atoms with Crippen LogP contribution in [-0.2, 0) is 6.54 Å². The van der Waals surface area contributed by atoms with Crippen molar-refractivity contribution in [1.29, 1.82) is 0 Å². The first-order chi connectivity index (χ1) is 9.78. The fourth-order valence-corrected chi connectivity index (χ4v) is 3.28. The van der Waals surface area contributed by atoms with E-state index in [1.54, 1.807) is 11.3 Å². The van der Waals surface area contributed by atoms with Crippen molar-refractivity contribution in [3.8, 4) is 11.5 Å². The Morgan fingerprint density at radius 1 is 1.35 bits per heavy atom.